The van der Waals surface area contributed by atoms with Crippen LogP contribution in [-0.2, 0) is 0 Å². The predicted molar refractivity (Wildman–Crippen MR) is 54.6 cm³/mol. The Labute approximate surface area is 81.2 Å². The monoisotopic (exact) mass is 189 g/mol. The van der Waals surface area contributed by atoms with E-state index in [0.29, 0.717) is 13.0 Å². The van der Waals surface area contributed by atoms with Gasteiger partial charge in [-0.15, -0.1) is 0 Å². The average Bonchev–Trinajstić information content (AvgIpc) is 2.02. The Balaban J connectivity index is 3.99. The van der Waals surface area contributed by atoms with E-state index in [0.717, 1.165) is 6.42 Å². The van der Waals surface area contributed by atoms with Gasteiger partial charge in [0.1, 0.15) is 0 Å². The summed E-state index contributed by atoms with van der Waals surface area (Å²) in [4.78, 5) is 0. The van der Waals surface area contributed by atoms with Gasteiger partial charge in [-0.2, -0.15) is 0 Å². The zero-order valence-electron chi connectivity index (χ0n) is 9.17. The number of hydrogen-bond acceptors (Lipinski definition) is 3. The molecule has 0 saturated carbocycles. The number of hydrogen-bond donors (Lipinski definition) is 3. The molecule has 0 spiro atoms. The van der Waals surface area contributed by atoms with Crippen molar-refractivity contribution in [3.63, 3.8) is 0 Å². The Morgan fingerprint density at radius 3 is 2.38 bits per heavy atom. The van der Waals surface area contributed by atoms with Crippen LogP contribution in [-0.4, -0.2) is 35.5 Å². The standard InChI is InChI=1S/C10H23NO2/c1-5-8(2)10(3,13)6-9(12)7-11-4/h8-9,11-13H,5-7H2,1-4H3. The highest BCUT2D eigenvalue weighted by molar-refractivity contribution is 4.81. The molecule has 3 unspecified atom stereocenters. The molecule has 13 heavy (non-hydrogen) atoms. The zero-order chi connectivity index (χ0) is 10.5. The molecule has 0 aliphatic rings. The van der Waals surface area contributed by atoms with E-state index < -0.39 is 11.7 Å². The molecule has 80 valence electrons. The Bertz CT molecular complexity index is 137. The molecule has 0 radical (unpaired) electrons. The summed E-state index contributed by atoms with van der Waals surface area (Å²) in [5, 5.41) is 22.4. The summed E-state index contributed by atoms with van der Waals surface area (Å²) in [6.45, 7) is 6.38. The summed E-state index contributed by atoms with van der Waals surface area (Å²) < 4.78 is 0. The van der Waals surface area contributed by atoms with Crippen LogP contribution in [0.3, 0.4) is 0 Å². The molecule has 0 aliphatic heterocycles. The summed E-state index contributed by atoms with van der Waals surface area (Å²) in [6.07, 6.45) is 0.899. The van der Waals surface area contributed by atoms with Gasteiger partial charge in [0, 0.05) is 13.0 Å². The van der Waals surface area contributed by atoms with E-state index in [-0.39, 0.29) is 5.92 Å². The van der Waals surface area contributed by atoms with Crippen LogP contribution in [0.1, 0.15) is 33.6 Å². The maximum absolute atomic E-state index is 9.99. The third-order valence-corrected chi connectivity index (χ3v) is 2.76. The van der Waals surface area contributed by atoms with Gasteiger partial charge in [-0.05, 0) is 19.9 Å². The second-order valence-electron chi connectivity index (χ2n) is 4.08. The van der Waals surface area contributed by atoms with Crippen LogP contribution in [0.25, 0.3) is 0 Å². The highest BCUT2D eigenvalue weighted by Crippen LogP contribution is 2.24. The van der Waals surface area contributed by atoms with Crippen LogP contribution in [0.4, 0.5) is 0 Å². The summed E-state index contributed by atoms with van der Waals surface area (Å²) in [5.74, 6) is 0.221. The highest BCUT2D eigenvalue weighted by atomic mass is 16.3. The second-order valence-corrected chi connectivity index (χ2v) is 4.08. The third kappa shape index (κ3) is 4.60. The van der Waals surface area contributed by atoms with Crippen LogP contribution in [0.2, 0.25) is 0 Å². The molecule has 0 bridgehead atoms. The number of nitrogens with one attached hydrogen (secondary N) is 1. The summed E-state index contributed by atoms with van der Waals surface area (Å²) in [7, 11) is 1.79. The first-order valence-electron chi connectivity index (χ1n) is 4.99. The Morgan fingerprint density at radius 2 is 2.00 bits per heavy atom. The van der Waals surface area contributed by atoms with Crippen molar-refractivity contribution in [2.45, 2.75) is 45.3 Å². The van der Waals surface area contributed by atoms with Crippen molar-refractivity contribution in [1.82, 2.24) is 5.32 Å². The van der Waals surface area contributed by atoms with Crippen LogP contribution >= 0.6 is 0 Å². The molecule has 0 aromatic carbocycles. The van der Waals surface area contributed by atoms with Crippen molar-refractivity contribution in [2.75, 3.05) is 13.6 Å². The lowest BCUT2D eigenvalue weighted by Crippen LogP contribution is -2.39. The number of aliphatic hydroxyl groups is 2. The van der Waals surface area contributed by atoms with Gasteiger partial charge in [-0.1, -0.05) is 20.3 Å². The average molecular weight is 189 g/mol. The Hall–Kier alpha value is -0.120. The predicted octanol–water partition coefficient (Wildman–Crippen LogP) is 0.754. The molecular formula is C10H23NO2. The van der Waals surface area contributed by atoms with E-state index in [1.54, 1.807) is 14.0 Å². The highest BCUT2D eigenvalue weighted by Gasteiger charge is 2.29. The fourth-order valence-electron chi connectivity index (χ4n) is 1.43. The lowest BCUT2D eigenvalue weighted by molar-refractivity contribution is -0.0364. The molecule has 0 aromatic rings. The quantitative estimate of drug-likeness (QED) is 0.578. The fourth-order valence-corrected chi connectivity index (χ4v) is 1.43. The van der Waals surface area contributed by atoms with Crippen LogP contribution in [0.5, 0.6) is 0 Å². The molecule has 0 amide bonds. The van der Waals surface area contributed by atoms with E-state index in [1.807, 2.05) is 13.8 Å². The van der Waals surface area contributed by atoms with Crippen molar-refractivity contribution < 1.29 is 10.2 Å². The van der Waals surface area contributed by atoms with Crippen molar-refractivity contribution in [2.24, 2.45) is 5.92 Å². The molecule has 3 heteroatoms. The lowest BCUT2D eigenvalue weighted by Gasteiger charge is -2.31. The SMILES string of the molecule is CCC(C)C(C)(O)CC(O)CNC. The van der Waals surface area contributed by atoms with Gasteiger partial charge in [0.2, 0.25) is 0 Å². The van der Waals surface area contributed by atoms with Gasteiger partial charge >= 0.3 is 0 Å². The van der Waals surface area contributed by atoms with Gasteiger partial charge < -0.3 is 15.5 Å². The Morgan fingerprint density at radius 1 is 1.46 bits per heavy atom. The van der Waals surface area contributed by atoms with E-state index in [4.69, 9.17) is 0 Å². The first-order chi connectivity index (χ1) is 5.94. The van der Waals surface area contributed by atoms with Crippen LogP contribution in [0, 0.1) is 5.92 Å². The zero-order valence-corrected chi connectivity index (χ0v) is 9.17. The molecule has 3 nitrogen and oxygen atoms in total. The van der Waals surface area contributed by atoms with E-state index in [1.165, 1.54) is 0 Å². The van der Waals surface area contributed by atoms with Crippen molar-refractivity contribution in [3.05, 3.63) is 0 Å². The minimum Gasteiger partial charge on any atom is -0.392 e. The largest absolute Gasteiger partial charge is 0.392 e. The molecule has 0 saturated heterocycles. The normalized spacial score (nSPS) is 20.8. The Kier molecular flexibility index (Phi) is 5.53. The van der Waals surface area contributed by atoms with Crippen molar-refractivity contribution >= 4 is 0 Å². The summed E-state index contributed by atoms with van der Waals surface area (Å²) in [5.41, 5.74) is -0.759. The fraction of sp³-hybridized carbons (Fsp3) is 1.00. The maximum Gasteiger partial charge on any atom is 0.0691 e. The molecular weight excluding hydrogens is 166 g/mol. The maximum atomic E-state index is 9.99. The minimum atomic E-state index is -0.759. The molecule has 0 heterocycles. The summed E-state index contributed by atoms with van der Waals surface area (Å²) in [6, 6.07) is 0. The van der Waals surface area contributed by atoms with Crippen molar-refractivity contribution in [3.8, 4) is 0 Å². The van der Waals surface area contributed by atoms with Crippen LogP contribution in [0.15, 0.2) is 0 Å². The molecule has 0 aliphatic carbocycles. The number of aliphatic hydroxyl groups excluding tert-OH is 1. The van der Waals surface area contributed by atoms with Crippen molar-refractivity contribution in [1.29, 1.82) is 0 Å². The summed E-state index contributed by atoms with van der Waals surface area (Å²) >= 11 is 0. The van der Waals surface area contributed by atoms with Gasteiger partial charge in [0.05, 0.1) is 11.7 Å². The molecule has 3 N–H and O–H groups in total. The topological polar surface area (TPSA) is 52.5 Å². The first-order valence-corrected chi connectivity index (χ1v) is 4.99. The minimum absolute atomic E-state index is 0.221. The number of rotatable bonds is 6. The van der Waals surface area contributed by atoms with Gasteiger partial charge in [-0.3, -0.25) is 0 Å². The van der Waals surface area contributed by atoms with E-state index >= 15 is 0 Å². The lowest BCUT2D eigenvalue weighted by atomic mass is 9.84. The second kappa shape index (κ2) is 5.58. The first kappa shape index (κ1) is 12.9. The van der Waals surface area contributed by atoms with Gasteiger partial charge in [0.15, 0.2) is 0 Å². The van der Waals surface area contributed by atoms with Gasteiger partial charge in [-0.25, -0.2) is 0 Å². The molecule has 0 fully saturated rings. The van der Waals surface area contributed by atoms with E-state index in [2.05, 4.69) is 5.32 Å². The smallest absolute Gasteiger partial charge is 0.0691 e. The molecule has 0 aromatic heterocycles. The molecule has 3 atom stereocenters. The molecule has 0 rings (SSSR count). The van der Waals surface area contributed by atoms with Gasteiger partial charge in [0.25, 0.3) is 0 Å². The van der Waals surface area contributed by atoms with E-state index in [9.17, 15) is 10.2 Å². The van der Waals surface area contributed by atoms with Crippen LogP contribution < -0.4 is 5.32 Å². The third-order valence-electron chi connectivity index (χ3n) is 2.76. The number of likely N-dealkylation sites (N-methyl/N-ethyl adjacent to an activating group) is 1.